The molecule has 7 nitrogen and oxygen atoms in total. The molecule has 1 aromatic rings. The van der Waals surface area contributed by atoms with E-state index in [0.717, 1.165) is 36.3 Å². The summed E-state index contributed by atoms with van der Waals surface area (Å²) < 4.78 is 7.44. The van der Waals surface area contributed by atoms with Gasteiger partial charge in [-0.3, -0.25) is 14.5 Å². The molecule has 3 rings (SSSR count). The number of fused-ring (bicyclic) bond motifs is 3. The largest absolute Gasteiger partial charge is 0.381 e. The van der Waals surface area contributed by atoms with Gasteiger partial charge in [0.2, 0.25) is 0 Å². The molecule has 0 aromatic carbocycles. The number of aliphatic imine (C=N–C) groups is 1. The van der Waals surface area contributed by atoms with Gasteiger partial charge in [0.05, 0.1) is 18.0 Å². The molecule has 3 heterocycles. The van der Waals surface area contributed by atoms with Crippen molar-refractivity contribution in [1.29, 1.82) is 0 Å². The Morgan fingerprint density at radius 2 is 2.06 bits per heavy atom. The Morgan fingerprint density at radius 3 is 2.88 bits per heavy atom. The number of aryl methyl sites for hydroxylation is 1. The Hall–Kier alpha value is -2.84. The van der Waals surface area contributed by atoms with E-state index in [1.807, 2.05) is 18.7 Å². The first kappa shape index (κ1) is 24.8. The molecule has 2 aliphatic heterocycles. The van der Waals surface area contributed by atoms with Crippen LogP contribution < -0.4 is 10.6 Å². The minimum Gasteiger partial charge on any atom is -0.381 e. The van der Waals surface area contributed by atoms with Gasteiger partial charge in [-0.2, -0.15) is 5.10 Å². The number of amides is 1. The van der Waals surface area contributed by atoms with E-state index in [4.69, 9.17) is 4.74 Å². The molecular weight excluding hydrogens is 434 g/mol. The van der Waals surface area contributed by atoms with Gasteiger partial charge in [-0.05, 0) is 44.1 Å². The van der Waals surface area contributed by atoms with Gasteiger partial charge in [0.15, 0.2) is 0 Å². The fourth-order valence-electron chi connectivity index (χ4n) is 3.61. The number of ether oxygens (including phenoxy) is 1. The number of hydrogen-bond acceptors (Lipinski definition) is 6. The SMILES string of the molecule is C=C1S/C=C(\C)C(=O)Nc2cn(C)nc2C(=C)NCCOCCC/C2=N/C=C\C/C1=C(\C)C2. The second-order valence-corrected chi connectivity index (χ2v) is 9.17. The Kier molecular flexibility index (Phi) is 8.91. The molecule has 8 heteroatoms. The molecule has 2 bridgehead atoms. The number of carbonyl (C=O) groups excluding carboxylic acids is 1. The number of aromatic nitrogens is 2. The number of nitrogens with one attached hydrogen (secondary N) is 2. The molecule has 0 atom stereocenters. The van der Waals surface area contributed by atoms with Crippen LogP contribution in [0.25, 0.3) is 5.70 Å². The van der Waals surface area contributed by atoms with Crippen molar-refractivity contribution in [2.75, 3.05) is 25.1 Å². The lowest BCUT2D eigenvalue weighted by molar-refractivity contribution is -0.112. The third kappa shape index (κ3) is 7.07. The van der Waals surface area contributed by atoms with Crippen LogP contribution in [-0.2, 0) is 16.6 Å². The molecule has 1 aromatic heterocycles. The summed E-state index contributed by atoms with van der Waals surface area (Å²) >= 11 is 1.48. The maximum absolute atomic E-state index is 12.8. The first-order valence-electron chi connectivity index (χ1n) is 11.1. The number of thioether (sulfide) groups is 1. The molecule has 0 spiro atoms. The Morgan fingerprint density at radius 1 is 1.24 bits per heavy atom. The van der Waals surface area contributed by atoms with E-state index in [2.05, 4.69) is 46.9 Å². The van der Waals surface area contributed by atoms with Crippen molar-refractivity contribution in [2.45, 2.75) is 39.5 Å². The molecule has 0 unspecified atom stereocenters. The van der Waals surface area contributed by atoms with Crippen molar-refractivity contribution in [3.8, 4) is 0 Å². The van der Waals surface area contributed by atoms with Gasteiger partial charge in [-0.1, -0.05) is 36.6 Å². The molecule has 0 radical (unpaired) electrons. The average molecular weight is 468 g/mol. The third-order valence-corrected chi connectivity index (χ3v) is 6.45. The summed E-state index contributed by atoms with van der Waals surface area (Å²) in [5, 5.41) is 12.5. The fraction of sp³-hybridized carbons (Fsp3) is 0.400. The summed E-state index contributed by atoms with van der Waals surface area (Å²) in [5.41, 5.74) is 6.08. The van der Waals surface area contributed by atoms with E-state index in [9.17, 15) is 4.79 Å². The highest BCUT2D eigenvalue weighted by atomic mass is 32.2. The van der Waals surface area contributed by atoms with Gasteiger partial charge in [-0.15, -0.1) is 0 Å². The van der Waals surface area contributed by atoms with Crippen LogP contribution in [-0.4, -0.2) is 41.2 Å². The highest BCUT2D eigenvalue weighted by Crippen LogP contribution is 2.32. The van der Waals surface area contributed by atoms with E-state index in [1.54, 1.807) is 17.8 Å². The first-order valence-corrected chi connectivity index (χ1v) is 12.0. The predicted octanol–water partition coefficient (Wildman–Crippen LogP) is 4.95. The number of carbonyl (C=O) groups is 1. The molecule has 33 heavy (non-hydrogen) atoms. The predicted molar refractivity (Wildman–Crippen MR) is 138 cm³/mol. The van der Waals surface area contributed by atoms with Crippen molar-refractivity contribution in [3.63, 3.8) is 0 Å². The van der Waals surface area contributed by atoms with Crippen LogP contribution in [0.4, 0.5) is 5.69 Å². The molecule has 0 fully saturated rings. The van der Waals surface area contributed by atoms with Crippen molar-refractivity contribution >= 4 is 34.8 Å². The van der Waals surface area contributed by atoms with Crippen molar-refractivity contribution < 1.29 is 9.53 Å². The third-order valence-electron chi connectivity index (χ3n) is 5.44. The summed E-state index contributed by atoms with van der Waals surface area (Å²) in [7, 11) is 1.81. The molecular formula is C25H33N5O2S. The van der Waals surface area contributed by atoms with Crippen LogP contribution in [0.15, 0.2) is 63.7 Å². The van der Waals surface area contributed by atoms with E-state index in [-0.39, 0.29) is 5.91 Å². The molecule has 0 aliphatic carbocycles. The molecule has 1 amide bonds. The zero-order valence-corrected chi connectivity index (χ0v) is 20.6. The summed E-state index contributed by atoms with van der Waals surface area (Å²) in [6.45, 7) is 14.1. The van der Waals surface area contributed by atoms with Crippen LogP contribution in [0.2, 0.25) is 0 Å². The smallest absolute Gasteiger partial charge is 0.251 e. The van der Waals surface area contributed by atoms with Crippen LogP contribution >= 0.6 is 11.8 Å². The second kappa shape index (κ2) is 11.9. The van der Waals surface area contributed by atoms with E-state index >= 15 is 0 Å². The van der Waals surface area contributed by atoms with Gasteiger partial charge in [0, 0.05) is 55.2 Å². The van der Waals surface area contributed by atoms with Crippen molar-refractivity contribution in [2.24, 2.45) is 12.0 Å². The minimum absolute atomic E-state index is 0.187. The number of rotatable bonds is 0. The highest BCUT2D eigenvalue weighted by Gasteiger charge is 2.16. The van der Waals surface area contributed by atoms with Gasteiger partial charge in [0.1, 0.15) is 5.69 Å². The summed E-state index contributed by atoms with van der Waals surface area (Å²) in [4.78, 5) is 18.4. The summed E-state index contributed by atoms with van der Waals surface area (Å²) in [6.07, 6.45) is 9.16. The number of hydrogen-bond donors (Lipinski definition) is 2. The van der Waals surface area contributed by atoms with Crippen molar-refractivity contribution in [3.05, 3.63) is 64.4 Å². The topological polar surface area (TPSA) is 80.5 Å². The maximum atomic E-state index is 12.8. The van der Waals surface area contributed by atoms with Gasteiger partial charge < -0.3 is 15.4 Å². The summed E-state index contributed by atoms with van der Waals surface area (Å²) in [5.74, 6) is -0.187. The normalized spacial score (nSPS) is 26.0. The van der Waals surface area contributed by atoms with Gasteiger partial charge >= 0.3 is 0 Å². The standard InChI is InChI=1S/C25H33N5O2S/c1-17-14-21-8-7-12-32-13-11-26-19(3)24-23(15-30(5)29-24)28-25(31)18(2)16-33-20(4)22(17)9-6-10-27-21/h6,10,15-16,26H,3-4,7-9,11-14H2,1-2,5H3,(H,28,31)/b10-6-,18-16+,22-17-,27-21-. The lowest BCUT2D eigenvalue weighted by Crippen LogP contribution is -2.20. The second-order valence-electron chi connectivity index (χ2n) is 8.20. The van der Waals surface area contributed by atoms with Crippen LogP contribution in [0.1, 0.15) is 45.2 Å². The highest BCUT2D eigenvalue weighted by molar-refractivity contribution is 8.06. The van der Waals surface area contributed by atoms with Crippen LogP contribution in [0, 0.1) is 0 Å². The molecule has 0 saturated heterocycles. The van der Waals surface area contributed by atoms with Gasteiger partial charge in [0.25, 0.3) is 5.91 Å². The average Bonchev–Trinajstić information content (AvgIpc) is 3.13. The monoisotopic (exact) mass is 467 g/mol. The first-order chi connectivity index (χ1) is 15.8. The molecule has 2 N–H and O–H groups in total. The van der Waals surface area contributed by atoms with Crippen LogP contribution in [0.5, 0.6) is 0 Å². The van der Waals surface area contributed by atoms with E-state index in [0.29, 0.717) is 42.4 Å². The Labute approximate surface area is 200 Å². The molecule has 176 valence electrons. The van der Waals surface area contributed by atoms with Crippen LogP contribution in [0.3, 0.4) is 0 Å². The molecule has 0 saturated carbocycles. The number of nitrogens with zero attached hydrogens (tertiary/aromatic N) is 3. The van der Waals surface area contributed by atoms with E-state index < -0.39 is 0 Å². The van der Waals surface area contributed by atoms with E-state index in [1.165, 1.54) is 22.9 Å². The Bertz CT molecular complexity index is 1050. The zero-order valence-electron chi connectivity index (χ0n) is 19.7. The molecule has 2 aliphatic rings. The number of allylic oxidation sites excluding steroid dienone is 3. The zero-order chi connectivity index (χ0) is 23.8. The maximum Gasteiger partial charge on any atom is 0.251 e. The number of anilines is 1. The van der Waals surface area contributed by atoms with Crippen molar-refractivity contribution in [1.82, 2.24) is 15.1 Å². The lowest BCUT2D eigenvalue weighted by atomic mass is 9.98. The Balaban J connectivity index is 1.84. The summed E-state index contributed by atoms with van der Waals surface area (Å²) in [6, 6.07) is 0. The lowest BCUT2D eigenvalue weighted by Gasteiger charge is -2.16. The quantitative estimate of drug-likeness (QED) is 0.565. The van der Waals surface area contributed by atoms with Gasteiger partial charge in [-0.25, -0.2) is 0 Å². The minimum atomic E-state index is -0.187. The fourth-order valence-corrected chi connectivity index (χ4v) is 4.44.